The largest absolute Gasteiger partial charge is 0.518 e. The molecule has 4 N–H and O–H groups in total. The van der Waals surface area contributed by atoms with Crippen LogP contribution in [0.5, 0.6) is 0 Å². The molecule has 0 aliphatic heterocycles. The van der Waals surface area contributed by atoms with Crippen molar-refractivity contribution in [3.8, 4) is 0 Å². The predicted molar refractivity (Wildman–Crippen MR) is 80.1 cm³/mol. The molecule has 122 valence electrons. The third-order valence-corrected chi connectivity index (χ3v) is 5.61. The number of hydrogen-bond donors (Lipinski definition) is 2. The van der Waals surface area contributed by atoms with Crippen LogP contribution in [0.3, 0.4) is 0 Å². The van der Waals surface area contributed by atoms with Crippen LogP contribution in [0.2, 0.25) is 0 Å². The maximum Gasteiger partial charge on any atom is 0.518 e. The van der Waals surface area contributed by atoms with Crippen LogP contribution in [-0.2, 0) is 18.0 Å². The van der Waals surface area contributed by atoms with Crippen molar-refractivity contribution >= 4 is 14.9 Å². The number of primary amides is 1. The van der Waals surface area contributed by atoms with Gasteiger partial charge in [0.05, 0.1) is 12.3 Å². The number of carbonyl (C=O) groups is 1. The molecule has 1 atom stereocenters. The molecule has 0 aromatic carbocycles. The fourth-order valence-electron chi connectivity index (χ4n) is 1.44. The number of nitrogens with two attached hydrogens (primary N) is 2. The van der Waals surface area contributed by atoms with Gasteiger partial charge in [-0.3, -0.25) is 0 Å². The van der Waals surface area contributed by atoms with E-state index in [-0.39, 0.29) is 5.67 Å². The van der Waals surface area contributed by atoms with Gasteiger partial charge in [-0.25, -0.2) is 4.79 Å². The summed E-state index contributed by atoms with van der Waals surface area (Å²) >= 11 is 0. The molecule has 8 heteroatoms. The zero-order chi connectivity index (χ0) is 16.0. The average Bonchev–Trinajstić information content (AvgIpc) is 2.39. The quantitative estimate of drug-likeness (QED) is 0.624. The van der Waals surface area contributed by atoms with Gasteiger partial charge in [0.1, 0.15) is 0 Å². The van der Waals surface area contributed by atoms with Crippen molar-refractivity contribution in [3.63, 3.8) is 0 Å². The highest BCUT2D eigenvalue weighted by atomic mass is 28.4. The Balaban J connectivity index is 0. The number of ether oxygens (including phenoxy) is 1. The topological polar surface area (TPSA) is 106 Å². The Morgan fingerprint density at radius 1 is 0.950 bits per heavy atom. The fourth-order valence-corrected chi connectivity index (χ4v) is 4.04. The highest BCUT2D eigenvalue weighted by Crippen LogP contribution is 2.15. The lowest BCUT2D eigenvalue weighted by atomic mass is 10.5. The van der Waals surface area contributed by atoms with E-state index in [4.69, 9.17) is 19.0 Å². The third-order valence-electron chi connectivity index (χ3n) is 2.22. The summed E-state index contributed by atoms with van der Waals surface area (Å²) in [5.41, 5.74) is 10.4. The third kappa shape index (κ3) is 9.27. The molecule has 1 unspecified atom stereocenters. The molecule has 0 aliphatic carbocycles. The minimum absolute atomic E-state index is 0.123. The van der Waals surface area contributed by atoms with Gasteiger partial charge in [0.2, 0.25) is 0 Å². The van der Waals surface area contributed by atoms with E-state index in [9.17, 15) is 4.79 Å². The Bertz CT molecular complexity index is 227. The monoisotopic (exact) mass is 310 g/mol. The van der Waals surface area contributed by atoms with Crippen molar-refractivity contribution in [2.75, 3.05) is 26.4 Å². The molecule has 7 nitrogen and oxygen atoms in total. The Kier molecular flexibility index (Phi) is 14.4. The summed E-state index contributed by atoms with van der Waals surface area (Å²) in [5.74, 6) is 0. The normalized spacial score (nSPS) is 12.3. The van der Waals surface area contributed by atoms with Crippen LogP contribution in [0.15, 0.2) is 0 Å². The van der Waals surface area contributed by atoms with Gasteiger partial charge in [0.15, 0.2) is 0 Å². The molecule has 0 heterocycles. The molecule has 0 saturated carbocycles. The summed E-state index contributed by atoms with van der Waals surface area (Å²) < 4.78 is 21.1. The first-order valence-corrected chi connectivity index (χ1v) is 8.83. The van der Waals surface area contributed by atoms with E-state index >= 15 is 0 Å². The van der Waals surface area contributed by atoms with Crippen LogP contribution < -0.4 is 11.5 Å². The lowest BCUT2D eigenvalue weighted by Gasteiger charge is -2.32. The lowest BCUT2D eigenvalue weighted by Crippen LogP contribution is -2.60. The van der Waals surface area contributed by atoms with E-state index in [0.29, 0.717) is 26.4 Å². The molecule has 0 fully saturated rings. The second kappa shape index (κ2) is 13.3. The van der Waals surface area contributed by atoms with Crippen LogP contribution in [0.4, 0.5) is 4.79 Å². The summed E-state index contributed by atoms with van der Waals surface area (Å²) in [5, 5.41) is 0. The van der Waals surface area contributed by atoms with Gasteiger partial charge in [-0.15, -0.1) is 0 Å². The summed E-state index contributed by atoms with van der Waals surface area (Å²) in [4.78, 5) is 9.60. The summed E-state index contributed by atoms with van der Waals surface area (Å²) in [7, 11) is -2.62. The van der Waals surface area contributed by atoms with Crippen molar-refractivity contribution in [1.82, 2.24) is 0 Å². The maximum absolute atomic E-state index is 9.60. The van der Waals surface area contributed by atoms with Crippen LogP contribution in [0.25, 0.3) is 0 Å². The molecule has 0 bridgehead atoms. The second-order valence-electron chi connectivity index (χ2n) is 3.67. The van der Waals surface area contributed by atoms with Gasteiger partial charge in [0.25, 0.3) is 0 Å². The molecular weight excluding hydrogens is 280 g/mol. The predicted octanol–water partition coefficient (Wildman–Crippen LogP) is 1.41. The Hall–Kier alpha value is -0.673. The first-order valence-electron chi connectivity index (χ1n) is 7.03. The Labute approximate surface area is 123 Å². The van der Waals surface area contributed by atoms with Crippen molar-refractivity contribution in [2.24, 2.45) is 11.5 Å². The molecule has 0 radical (unpaired) electrons. The number of amides is 1. The fraction of sp³-hybridized carbons (Fsp3) is 0.917. The summed E-state index contributed by atoms with van der Waals surface area (Å²) in [6.07, 6.45) is 0.101. The SMILES string of the molecule is CCOC(N)=O.CCO[Si](OCC)(OCC)C(N)CC. The van der Waals surface area contributed by atoms with Crippen molar-refractivity contribution in [2.45, 2.75) is 46.7 Å². The van der Waals surface area contributed by atoms with Gasteiger partial charge < -0.3 is 29.5 Å². The van der Waals surface area contributed by atoms with E-state index in [1.807, 2.05) is 27.7 Å². The van der Waals surface area contributed by atoms with Crippen molar-refractivity contribution in [1.29, 1.82) is 0 Å². The number of hydrogen-bond acceptors (Lipinski definition) is 6. The minimum Gasteiger partial charge on any atom is -0.450 e. The van der Waals surface area contributed by atoms with Crippen molar-refractivity contribution < 1.29 is 22.8 Å². The number of carbonyl (C=O) groups excluding carboxylic acids is 1. The van der Waals surface area contributed by atoms with Crippen molar-refractivity contribution in [3.05, 3.63) is 0 Å². The van der Waals surface area contributed by atoms with Crippen LogP contribution in [0, 0.1) is 0 Å². The molecule has 0 spiro atoms. The highest BCUT2D eigenvalue weighted by Gasteiger charge is 2.46. The molecule has 1 amide bonds. The summed E-state index contributed by atoms with van der Waals surface area (Å²) in [6, 6.07) is 0. The van der Waals surface area contributed by atoms with Crippen LogP contribution >= 0.6 is 0 Å². The lowest BCUT2D eigenvalue weighted by molar-refractivity contribution is 0.0618. The second-order valence-corrected chi connectivity index (χ2v) is 6.48. The van der Waals surface area contributed by atoms with Gasteiger partial charge in [-0.05, 0) is 34.1 Å². The van der Waals surface area contributed by atoms with Gasteiger partial charge in [0, 0.05) is 19.8 Å². The molecular formula is C12H30N2O5Si. The molecule has 0 rings (SSSR count). The van der Waals surface area contributed by atoms with Crippen LogP contribution in [-0.4, -0.2) is 47.0 Å². The maximum atomic E-state index is 9.60. The van der Waals surface area contributed by atoms with Gasteiger partial charge in [-0.2, -0.15) is 0 Å². The van der Waals surface area contributed by atoms with E-state index < -0.39 is 14.9 Å². The van der Waals surface area contributed by atoms with Gasteiger partial charge >= 0.3 is 14.9 Å². The minimum atomic E-state index is -2.62. The average molecular weight is 310 g/mol. The molecule has 0 aromatic rings. The molecule has 0 saturated heterocycles. The first-order chi connectivity index (χ1) is 9.43. The molecule has 20 heavy (non-hydrogen) atoms. The zero-order valence-corrected chi connectivity index (χ0v) is 14.3. The van der Waals surface area contributed by atoms with E-state index in [2.05, 4.69) is 10.5 Å². The first kappa shape index (κ1) is 21.6. The zero-order valence-electron chi connectivity index (χ0n) is 13.3. The smallest absolute Gasteiger partial charge is 0.450 e. The Morgan fingerprint density at radius 3 is 1.50 bits per heavy atom. The molecule has 0 aromatic heterocycles. The Morgan fingerprint density at radius 2 is 1.35 bits per heavy atom. The van der Waals surface area contributed by atoms with Gasteiger partial charge in [-0.1, -0.05) is 6.92 Å². The van der Waals surface area contributed by atoms with Crippen LogP contribution in [0.1, 0.15) is 41.0 Å². The van der Waals surface area contributed by atoms with E-state index in [1.165, 1.54) is 0 Å². The summed E-state index contributed by atoms with van der Waals surface area (Å²) in [6.45, 7) is 11.6. The standard InChI is InChI=1S/C9H23NO3Si.C3H7NO2/c1-5-9(10)14(11-6-2,12-7-3)13-8-4;1-2-6-3(4)5/h9H,5-8,10H2,1-4H3;2H2,1H3,(H2,4,5). The van der Waals surface area contributed by atoms with E-state index in [1.54, 1.807) is 6.92 Å². The number of rotatable bonds is 9. The van der Waals surface area contributed by atoms with E-state index in [0.717, 1.165) is 6.42 Å². The molecule has 0 aliphatic rings. The highest BCUT2D eigenvalue weighted by molar-refractivity contribution is 6.62.